The topological polar surface area (TPSA) is 92.4 Å². The Morgan fingerprint density at radius 2 is 1.59 bits per heavy atom. The van der Waals surface area contributed by atoms with Gasteiger partial charge in [0.1, 0.15) is 0 Å². The van der Waals surface area contributed by atoms with Crippen molar-refractivity contribution in [2.24, 2.45) is 11.7 Å². The lowest BCUT2D eigenvalue weighted by Gasteiger charge is -2.28. The molecule has 4 N–H and O–H groups in total. The van der Waals surface area contributed by atoms with Crippen molar-refractivity contribution >= 4 is 11.8 Å². The van der Waals surface area contributed by atoms with Gasteiger partial charge in [-0.25, -0.2) is 0 Å². The number of nitrogens with one attached hydrogen (secondary N) is 1. The van der Waals surface area contributed by atoms with Crippen LogP contribution in [-0.4, -0.2) is 35.2 Å². The maximum atomic E-state index is 12.6. The number of halogens is 3. The molecule has 22 heavy (non-hydrogen) atoms. The van der Waals surface area contributed by atoms with E-state index < -0.39 is 36.1 Å². The average Bonchev–Trinajstić information content (AvgIpc) is 2.42. The molecule has 0 bridgehead atoms. The summed E-state index contributed by atoms with van der Waals surface area (Å²) in [6.07, 6.45) is -7.50. The van der Waals surface area contributed by atoms with Gasteiger partial charge in [-0.15, -0.1) is 0 Å². The summed E-state index contributed by atoms with van der Waals surface area (Å²) >= 11 is 0. The minimum absolute atomic E-state index is 0.0602. The number of rotatable bonds is 5. The predicted octanol–water partition coefficient (Wildman–Crippen LogP) is 1.46. The quantitative estimate of drug-likeness (QED) is 0.767. The zero-order valence-corrected chi connectivity index (χ0v) is 12.0. The molecule has 0 aliphatic rings. The van der Waals surface area contributed by atoms with Gasteiger partial charge in [-0.3, -0.25) is 9.59 Å². The maximum Gasteiger partial charge on any atom is 0.416 e. The van der Waals surface area contributed by atoms with E-state index in [1.807, 2.05) is 0 Å². The molecule has 0 aromatic heterocycles. The Kier molecular flexibility index (Phi) is 5.54. The number of benzene rings is 1. The van der Waals surface area contributed by atoms with Crippen LogP contribution in [-0.2, 0) is 0 Å². The van der Waals surface area contributed by atoms with Crippen LogP contribution < -0.4 is 11.1 Å². The lowest BCUT2D eigenvalue weighted by Crippen LogP contribution is -2.52. The molecule has 1 aromatic carbocycles. The number of carbonyl (C=O) groups is 2. The molecule has 1 rings (SSSR count). The van der Waals surface area contributed by atoms with E-state index in [2.05, 4.69) is 5.32 Å². The second kappa shape index (κ2) is 6.78. The van der Waals surface area contributed by atoms with Crippen molar-refractivity contribution < 1.29 is 27.9 Å². The van der Waals surface area contributed by atoms with E-state index in [0.29, 0.717) is 0 Å². The van der Waals surface area contributed by atoms with Crippen molar-refractivity contribution in [1.82, 2.24) is 5.32 Å². The minimum Gasteiger partial charge on any atom is -0.382 e. The van der Waals surface area contributed by atoms with Crippen LogP contribution in [0.3, 0.4) is 0 Å². The highest BCUT2D eigenvalue weighted by molar-refractivity contribution is 5.97. The van der Waals surface area contributed by atoms with Gasteiger partial charge in [0.25, 0.3) is 5.91 Å². The van der Waals surface area contributed by atoms with E-state index in [1.165, 1.54) is 38.1 Å². The first-order valence-corrected chi connectivity index (χ1v) is 6.49. The van der Waals surface area contributed by atoms with Gasteiger partial charge in [0.15, 0.2) is 6.10 Å². The molecule has 8 heteroatoms. The van der Waals surface area contributed by atoms with Crippen molar-refractivity contribution in [3.8, 4) is 0 Å². The molecule has 122 valence electrons. The third-order valence-electron chi connectivity index (χ3n) is 3.12. The molecule has 5 nitrogen and oxygen atoms in total. The normalized spacial score (nSPS) is 14.5. The standard InChI is InChI=1S/C14H17F3N2O3/c1-7(2)10(11(20)14(15,16)17)19-13(22)9-5-3-8(4-6-9)12(18)21/h3-7,10-11,20H,1-2H3,(H2,18,21)(H,19,22)/t10-,11-/m0/s1. The van der Waals surface area contributed by atoms with Crippen molar-refractivity contribution in [2.75, 3.05) is 0 Å². The first kappa shape index (κ1) is 18.0. The van der Waals surface area contributed by atoms with E-state index in [-0.39, 0.29) is 11.1 Å². The minimum atomic E-state index is -4.84. The number of carbonyl (C=O) groups excluding carboxylic acids is 2. The fraction of sp³-hybridized carbons (Fsp3) is 0.429. The van der Waals surface area contributed by atoms with Crippen molar-refractivity contribution in [3.63, 3.8) is 0 Å². The van der Waals surface area contributed by atoms with Crippen molar-refractivity contribution in [2.45, 2.75) is 32.2 Å². The highest BCUT2D eigenvalue weighted by Gasteiger charge is 2.45. The van der Waals surface area contributed by atoms with Crippen LogP contribution in [0.25, 0.3) is 0 Å². The Morgan fingerprint density at radius 3 is 1.95 bits per heavy atom. The first-order valence-electron chi connectivity index (χ1n) is 6.49. The summed E-state index contributed by atoms with van der Waals surface area (Å²) in [5.41, 5.74) is 5.28. The molecule has 2 amide bonds. The van der Waals surface area contributed by atoms with Crippen LogP contribution in [0.4, 0.5) is 13.2 Å². The number of nitrogens with two attached hydrogens (primary N) is 1. The molecule has 0 fully saturated rings. The van der Waals surface area contributed by atoms with Gasteiger partial charge in [0, 0.05) is 11.1 Å². The predicted molar refractivity (Wildman–Crippen MR) is 73.1 cm³/mol. The Labute approximate surface area is 125 Å². The maximum absolute atomic E-state index is 12.6. The summed E-state index contributed by atoms with van der Waals surface area (Å²) < 4.78 is 37.8. The second-order valence-corrected chi connectivity index (χ2v) is 5.17. The van der Waals surface area contributed by atoms with E-state index in [4.69, 9.17) is 5.73 Å². The third-order valence-corrected chi connectivity index (χ3v) is 3.12. The van der Waals surface area contributed by atoms with Crippen LogP contribution >= 0.6 is 0 Å². The number of primary amides is 1. The van der Waals surface area contributed by atoms with Gasteiger partial charge < -0.3 is 16.2 Å². The van der Waals surface area contributed by atoms with Crippen LogP contribution in [0.2, 0.25) is 0 Å². The summed E-state index contributed by atoms with van der Waals surface area (Å²) in [6.45, 7) is 2.91. The summed E-state index contributed by atoms with van der Waals surface area (Å²) in [7, 11) is 0. The Balaban J connectivity index is 2.90. The van der Waals surface area contributed by atoms with Gasteiger partial charge in [-0.2, -0.15) is 13.2 Å². The number of aliphatic hydroxyl groups is 1. The zero-order chi connectivity index (χ0) is 17.1. The van der Waals surface area contributed by atoms with Crippen molar-refractivity contribution in [3.05, 3.63) is 35.4 Å². The first-order chi connectivity index (χ1) is 10.0. The van der Waals surface area contributed by atoms with E-state index in [1.54, 1.807) is 0 Å². The van der Waals surface area contributed by atoms with Crippen LogP contribution in [0.5, 0.6) is 0 Å². The number of alkyl halides is 3. The molecular formula is C14H17F3N2O3. The Morgan fingerprint density at radius 1 is 1.14 bits per heavy atom. The van der Waals surface area contributed by atoms with E-state index in [0.717, 1.165) is 0 Å². The molecule has 0 radical (unpaired) electrons. The molecule has 0 heterocycles. The van der Waals surface area contributed by atoms with Gasteiger partial charge in [0.05, 0.1) is 6.04 Å². The second-order valence-electron chi connectivity index (χ2n) is 5.17. The molecular weight excluding hydrogens is 301 g/mol. The van der Waals surface area contributed by atoms with Gasteiger partial charge in [0.2, 0.25) is 5.91 Å². The molecule has 1 aromatic rings. The number of aliphatic hydroxyl groups excluding tert-OH is 1. The third kappa shape index (κ3) is 4.45. The van der Waals surface area contributed by atoms with Gasteiger partial charge in [-0.1, -0.05) is 13.8 Å². The van der Waals surface area contributed by atoms with Crippen LogP contribution in [0.15, 0.2) is 24.3 Å². The molecule has 2 atom stereocenters. The molecule has 0 saturated heterocycles. The van der Waals surface area contributed by atoms with Gasteiger partial charge >= 0.3 is 6.18 Å². The summed E-state index contributed by atoms with van der Waals surface area (Å²) in [5.74, 6) is -2.09. The highest BCUT2D eigenvalue weighted by atomic mass is 19.4. The summed E-state index contributed by atoms with van der Waals surface area (Å²) in [6, 6.07) is 3.65. The summed E-state index contributed by atoms with van der Waals surface area (Å²) in [4.78, 5) is 22.9. The zero-order valence-electron chi connectivity index (χ0n) is 12.0. The molecule has 0 aliphatic heterocycles. The van der Waals surface area contributed by atoms with E-state index >= 15 is 0 Å². The Bertz CT molecular complexity index is 541. The molecule has 0 saturated carbocycles. The monoisotopic (exact) mass is 318 g/mol. The Hall–Kier alpha value is -2.09. The van der Waals surface area contributed by atoms with Crippen molar-refractivity contribution in [1.29, 1.82) is 0 Å². The molecule has 0 spiro atoms. The van der Waals surface area contributed by atoms with Gasteiger partial charge in [-0.05, 0) is 30.2 Å². The fourth-order valence-electron chi connectivity index (χ4n) is 1.83. The highest BCUT2D eigenvalue weighted by Crippen LogP contribution is 2.25. The fourth-order valence-corrected chi connectivity index (χ4v) is 1.83. The largest absolute Gasteiger partial charge is 0.416 e. The number of amides is 2. The van der Waals surface area contributed by atoms with E-state index in [9.17, 15) is 27.9 Å². The lowest BCUT2D eigenvalue weighted by atomic mass is 9.97. The average molecular weight is 318 g/mol. The number of hydrogen-bond acceptors (Lipinski definition) is 3. The molecule has 0 unspecified atom stereocenters. The summed E-state index contributed by atoms with van der Waals surface area (Å²) in [5, 5.41) is 11.5. The molecule has 0 aliphatic carbocycles. The van der Waals surface area contributed by atoms with Crippen LogP contribution in [0.1, 0.15) is 34.6 Å². The smallest absolute Gasteiger partial charge is 0.382 e. The SMILES string of the molecule is CC(C)[C@H](NC(=O)c1ccc(C(N)=O)cc1)[C@H](O)C(F)(F)F. The number of hydrogen-bond donors (Lipinski definition) is 3. The van der Waals surface area contributed by atoms with Crippen LogP contribution in [0, 0.1) is 5.92 Å². The lowest BCUT2D eigenvalue weighted by molar-refractivity contribution is -0.214.